The van der Waals surface area contributed by atoms with Gasteiger partial charge in [-0.3, -0.25) is 14.9 Å². The van der Waals surface area contributed by atoms with E-state index in [9.17, 15) is 19.5 Å². The number of hydrogen-bond donors (Lipinski definition) is 1. The van der Waals surface area contributed by atoms with Gasteiger partial charge in [-0.15, -0.1) is 0 Å². The molecule has 2 aromatic carbocycles. The summed E-state index contributed by atoms with van der Waals surface area (Å²) in [5.41, 5.74) is 1.55. The van der Waals surface area contributed by atoms with E-state index in [1.807, 2.05) is 0 Å². The first-order chi connectivity index (χ1) is 15.8. The van der Waals surface area contributed by atoms with E-state index in [2.05, 4.69) is 5.32 Å². The van der Waals surface area contributed by atoms with Gasteiger partial charge < -0.3 is 19.1 Å². The number of hydrogen-bond acceptors (Lipinski definition) is 7. The third-order valence-corrected chi connectivity index (χ3v) is 5.36. The van der Waals surface area contributed by atoms with Crippen LogP contribution in [0.25, 0.3) is 17.4 Å². The zero-order valence-electron chi connectivity index (χ0n) is 17.6. The predicted molar refractivity (Wildman–Crippen MR) is 122 cm³/mol. The zero-order chi connectivity index (χ0) is 23.7. The molecule has 2 heterocycles. The van der Waals surface area contributed by atoms with Crippen molar-refractivity contribution < 1.29 is 28.6 Å². The molecule has 1 saturated heterocycles. The number of ether oxygens (including phenoxy) is 1. The molecule has 1 N–H and O–H groups in total. The number of anilines is 1. The molecule has 4 rings (SSSR count). The Kier molecular flexibility index (Phi) is 5.80. The van der Waals surface area contributed by atoms with Crippen LogP contribution >= 0.6 is 12.2 Å². The number of aryl methyl sites for hydroxylation is 1. The maximum absolute atomic E-state index is 13.2. The summed E-state index contributed by atoms with van der Waals surface area (Å²) >= 11 is 5.22. The van der Waals surface area contributed by atoms with Crippen LogP contribution < -0.4 is 20.1 Å². The summed E-state index contributed by atoms with van der Waals surface area (Å²) in [6.45, 7) is 1.80. The number of methoxy groups -OCH3 is 1. The number of aromatic carboxylic acids is 1. The van der Waals surface area contributed by atoms with Gasteiger partial charge in [-0.25, -0.2) is 4.90 Å². The number of carbonyl (C=O) groups is 3. The van der Waals surface area contributed by atoms with Gasteiger partial charge in [0.1, 0.15) is 22.8 Å². The van der Waals surface area contributed by atoms with Crippen LogP contribution in [0.5, 0.6) is 5.75 Å². The molecule has 1 aromatic heterocycles. The van der Waals surface area contributed by atoms with E-state index in [1.54, 1.807) is 49.4 Å². The van der Waals surface area contributed by atoms with Crippen molar-refractivity contribution in [2.75, 3.05) is 12.0 Å². The molecular weight excluding hydrogens is 444 g/mol. The third-order valence-electron chi connectivity index (χ3n) is 5.08. The molecule has 1 aliphatic heterocycles. The van der Waals surface area contributed by atoms with E-state index in [-0.39, 0.29) is 22.0 Å². The Hall–Kier alpha value is -4.24. The van der Waals surface area contributed by atoms with E-state index >= 15 is 0 Å². The molecule has 1 fully saturated rings. The van der Waals surface area contributed by atoms with Crippen molar-refractivity contribution >= 4 is 46.9 Å². The SMILES string of the molecule is COc1ccccc1N1C(=O)/C(=C/c2ccc(-c3cc(C(=O)[O-])ccc3C)o2)C(=O)NC1=S. The molecule has 0 bridgehead atoms. The highest BCUT2D eigenvalue weighted by atomic mass is 32.1. The van der Waals surface area contributed by atoms with Crippen molar-refractivity contribution in [3.8, 4) is 17.1 Å². The van der Waals surface area contributed by atoms with Crippen LogP contribution in [0, 0.1) is 6.92 Å². The van der Waals surface area contributed by atoms with Gasteiger partial charge in [0.25, 0.3) is 11.8 Å². The van der Waals surface area contributed by atoms with E-state index in [1.165, 1.54) is 30.2 Å². The van der Waals surface area contributed by atoms with Crippen LogP contribution in [0.1, 0.15) is 21.7 Å². The Morgan fingerprint density at radius 2 is 1.91 bits per heavy atom. The summed E-state index contributed by atoms with van der Waals surface area (Å²) in [7, 11) is 1.47. The Morgan fingerprint density at radius 1 is 1.15 bits per heavy atom. The fourth-order valence-corrected chi connectivity index (χ4v) is 3.70. The number of para-hydroxylation sites is 2. The number of nitrogens with zero attached hydrogens (tertiary/aromatic N) is 1. The molecule has 9 heteroatoms. The van der Waals surface area contributed by atoms with Crippen molar-refractivity contribution in [3.05, 3.63) is 77.1 Å². The molecule has 0 saturated carbocycles. The fourth-order valence-electron chi connectivity index (χ4n) is 3.42. The molecular formula is C24H17N2O6S-. The van der Waals surface area contributed by atoms with Crippen molar-refractivity contribution in [3.63, 3.8) is 0 Å². The molecule has 166 valence electrons. The lowest BCUT2D eigenvalue weighted by molar-refractivity contribution is -0.255. The molecule has 0 unspecified atom stereocenters. The second-order valence-electron chi connectivity index (χ2n) is 7.15. The Bertz CT molecular complexity index is 1340. The number of rotatable bonds is 5. The minimum absolute atomic E-state index is 0.00898. The maximum Gasteiger partial charge on any atom is 0.270 e. The Morgan fingerprint density at radius 3 is 2.64 bits per heavy atom. The summed E-state index contributed by atoms with van der Waals surface area (Å²) in [5, 5.41) is 13.6. The van der Waals surface area contributed by atoms with E-state index in [0.717, 1.165) is 5.56 Å². The molecule has 33 heavy (non-hydrogen) atoms. The van der Waals surface area contributed by atoms with E-state index in [4.69, 9.17) is 21.4 Å². The topological polar surface area (TPSA) is 112 Å². The van der Waals surface area contributed by atoms with Gasteiger partial charge in [0.15, 0.2) is 5.11 Å². The first kappa shape index (κ1) is 22.0. The fraction of sp³-hybridized carbons (Fsp3) is 0.0833. The summed E-state index contributed by atoms with van der Waals surface area (Å²) in [5.74, 6) is -1.59. The van der Waals surface area contributed by atoms with Gasteiger partial charge in [-0.05, 0) is 66.7 Å². The van der Waals surface area contributed by atoms with Gasteiger partial charge in [0.2, 0.25) is 0 Å². The molecule has 3 aromatic rings. The van der Waals surface area contributed by atoms with Crippen LogP contribution in [-0.2, 0) is 9.59 Å². The van der Waals surface area contributed by atoms with Gasteiger partial charge in [-0.2, -0.15) is 0 Å². The normalized spacial score (nSPS) is 15.0. The van der Waals surface area contributed by atoms with Gasteiger partial charge in [0.05, 0.1) is 18.8 Å². The van der Waals surface area contributed by atoms with Gasteiger partial charge in [-0.1, -0.05) is 24.3 Å². The number of carboxylic acids is 1. The van der Waals surface area contributed by atoms with Gasteiger partial charge in [0, 0.05) is 5.56 Å². The van der Waals surface area contributed by atoms with Gasteiger partial charge >= 0.3 is 0 Å². The number of thiocarbonyl (C=S) groups is 1. The summed E-state index contributed by atoms with van der Waals surface area (Å²) < 4.78 is 11.1. The minimum Gasteiger partial charge on any atom is -0.545 e. The van der Waals surface area contributed by atoms with Crippen molar-refractivity contribution in [1.82, 2.24) is 5.32 Å². The minimum atomic E-state index is -1.30. The van der Waals surface area contributed by atoms with Crippen LogP contribution in [0.15, 0.2) is 64.6 Å². The molecule has 1 aliphatic rings. The monoisotopic (exact) mass is 461 g/mol. The number of carboxylic acid groups (broad SMARTS) is 1. The lowest BCUT2D eigenvalue weighted by Crippen LogP contribution is -2.54. The van der Waals surface area contributed by atoms with Crippen LogP contribution in [0.3, 0.4) is 0 Å². The number of carbonyl (C=O) groups excluding carboxylic acids is 3. The highest BCUT2D eigenvalue weighted by Crippen LogP contribution is 2.32. The standard InChI is InChI=1S/C24H18N2O6S/c1-13-7-8-14(23(29)30)11-16(13)19-10-9-15(32-19)12-17-21(27)25-24(33)26(22(17)28)18-5-3-4-6-20(18)31-2/h3-12H,1-2H3,(H,29,30)(H,25,27,33)/p-1/b17-12+. The van der Waals surface area contributed by atoms with Crippen LogP contribution in [0.4, 0.5) is 5.69 Å². The first-order valence-electron chi connectivity index (χ1n) is 9.77. The Balaban J connectivity index is 1.71. The molecule has 0 radical (unpaired) electrons. The van der Waals surface area contributed by atoms with Crippen molar-refractivity contribution in [2.24, 2.45) is 0 Å². The largest absolute Gasteiger partial charge is 0.545 e. The first-order valence-corrected chi connectivity index (χ1v) is 10.2. The lowest BCUT2D eigenvalue weighted by atomic mass is 10.0. The molecule has 8 nitrogen and oxygen atoms in total. The summed E-state index contributed by atoms with van der Waals surface area (Å²) in [6.07, 6.45) is 1.31. The molecule has 0 atom stereocenters. The number of nitrogens with one attached hydrogen (secondary N) is 1. The number of amides is 2. The summed E-state index contributed by atoms with van der Waals surface area (Å²) in [4.78, 5) is 38.1. The average molecular weight is 461 g/mol. The highest BCUT2D eigenvalue weighted by Gasteiger charge is 2.36. The lowest BCUT2D eigenvalue weighted by Gasteiger charge is -2.29. The maximum atomic E-state index is 13.2. The second kappa shape index (κ2) is 8.71. The second-order valence-corrected chi connectivity index (χ2v) is 7.54. The quantitative estimate of drug-likeness (QED) is 0.353. The number of furan rings is 1. The number of benzene rings is 2. The zero-order valence-corrected chi connectivity index (χ0v) is 18.4. The van der Waals surface area contributed by atoms with Crippen LogP contribution in [-0.4, -0.2) is 30.0 Å². The third kappa shape index (κ3) is 4.13. The van der Waals surface area contributed by atoms with Crippen molar-refractivity contribution in [1.29, 1.82) is 0 Å². The van der Waals surface area contributed by atoms with E-state index in [0.29, 0.717) is 22.8 Å². The van der Waals surface area contributed by atoms with Crippen LogP contribution in [0.2, 0.25) is 0 Å². The molecule has 2 amide bonds. The summed E-state index contributed by atoms with van der Waals surface area (Å²) in [6, 6.07) is 14.5. The molecule has 0 aliphatic carbocycles. The van der Waals surface area contributed by atoms with E-state index < -0.39 is 17.8 Å². The highest BCUT2D eigenvalue weighted by molar-refractivity contribution is 7.80. The predicted octanol–water partition coefficient (Wildman–Crippen LogP) is 2.46. The smallest absolute Gasteiger partial charge is 0.270 e. The molecule has 0 spiro atoms. The average Bonchev–Trinajstić information content (AvgIpc) is 3.25. The Labute approximate surface area is 194 Å². The van der Waals surface area contributed by atoms with Crippen molar-refractivity contribution in [2.45, 2.75) is 6.92 Å².